The molecule has 160 valence electrons. The molecule has 2 aromatic carbocycles. The fourth-order valence-electron chi connectivity index (χ4n) is 2.56. The van der Waals surface area contributed by atoms with Crippen LogP contribution in [0.2, 0.25) is 0 Å². The zero-order chi connectivity index (χ0) is 21.8. The molecule has 7 nitrogen and oxygen atoms in total. The van der Waals surface area contributed by atoms with Crippen molar-refractivity contribution in [3.63, 3.8) is 0 Å². The van der Waals surface area contributed by atoms with Crippen molar-refractivity contribution in [1.29, 1.82) is 0 Å². The number of carbonyl (C=O) groups is 2. The molecule has 2 amide bonds. The summed E-state index contributed by atoms with van der Waals surface area (Å²) in [6.07, 6.45) is 1.27. The highest BCUT2D eigenvalue weighted by atomic mass is 32.1. The molecule has 0 aromatic heterocycles. The van der Waals surface area contributed by atoms with Gasteiger partial charge in [0.25, 0.3) is 5.91 Å². The number of carbonyl (C=O) groups excluding carboxylic acids is 2. The van der Waals surface area contributed by atoms with Crippen LogP contribution in [0.4, 0.5) is 11.4 Å². The topological polar surface area (TPSA) is 88.7 Å². The predicted molar refractivity (Wildman–Crippen MR) is 122 cm³/mol. The number of para-hydroxylation sites is 1. The van der Waals surface area contributed by atoms with Gasteiger partial charge in [0.15, 0.2) is 5.11 Å². The zero-order valence-electron chi connectivity index (χ0n) is 17.2. The maximum Gasteiger partial charge on any atom is 0.261 e. The number of ether oxygens (including phenoxy) is 2. The van der Waals surface area contributed by atoms with Crippen LogP contribution in [0.5, 0.6) is 5.75 Å². The summed E-state index contributed by atoms with van der Waals surface area (Å²) in [4.78, 5) is 24.2. The van der Waals surface area contributed by atoms with Gasteiger partial charge in [0.05, 0.1) is 12.2 Å². The number of amides is 2. The molecular weight excluding hydrogens is 402 g/mol. The number of nitrogens with one attached hydrogen (secondary N) is 3. The second-order valence-electron chi connectivity index (χ2n) is 6.33. The average molecular weight is 430 g/mol. The SMILES string of the molecule is CCCC(=O)Nc1ccc(NC(=S)NC(=O)c2ccccc2OCCOCC)cc1. The minimum absolute atomic E-state index is 0.0249. The van der Waals surface area contributed by atoms with Crippen LogP contribution in [0, 0.1) is 0 Å². The molecule has 0 radical (unpaired) electrons. The third-order valence-electron chi connectivity index (χ3n) is 3.95. The van der Waals surface area contributed by atoms with E-state index in [2.05, 4.69) is 16.0 Å². The highest BCUT2D eigenvalue weighted by Crippen LogP contribution is 2.18. The Morgan fingerprint density at radius 3 is 2.27 bits per heavy atom. The van der Waals surface area contributed by atoms with Crippen molar-refractivity contribution in [1.82, 2.24) is 5.32 Å². The van der Waals surface area contributed by atoms with Crippen LogP contribution in [0.1, 0.15) is 37.0 Å². The normalized spacial score (nSPS) is 10.2. The fraction of sp³-hybridized carbons (Fsp3) is 0.318. The van der Waals surface area contributed by atoms with Gasteiger partial charge in [-0.25, -0.2) is 0 Å². The van der Waals surface area contributed by atoms with E-state index in [1.54, 1.807) is 48.5 Å². The Balaban J connectivity index is 1.90. The number of rotatable bonds is 10. The smallest absolute Gasteiger partial charge is 0.261 e. The Bertz CT molecular complexity index is 856. The first-order chi connectivity index (χ1) is 14.5. The monoisotopic (exact) mass is 429 g/mol. The second kappa shape index (κ2) is 12.6. The van der Waals surface area contributed by atoms with Crippen molar-refractivity contribution < 1.29 is 19.1 Å². The number of thiocarbonyl (C=S) groups is 1. The van der Waals surface area contributed by atoms with Gasteiger partial charge in [-0.15, -0.1) is 0 Å². The summed E-state index contributed by atoms with van der Waals surface area (Å²) in [5, 5.41) is 8.58. The van der Waals surface area contributed by atoms with E-state index in [0.717, 1.165) is 6.42 Å². The van der Waals surface area contributed by atoms with Crippen LogP contribution < -0.4 is 20.7 Å². The summed E-state index contributed by atoms with van der Waals surface area (Å²) in [6, 6.07) is 14.0. The van der Waals surface area contributed by atoms with Gasteiger partial charge in [-0.05, 0) is 62.0 Å². The molecule has 2 rings (SSSR count). The molecule has 0 saturated heterocycles. The number of hydrogen-bond acceptors (Lipinski definition) is 5. The first-order valence-electron chi connectivity index (χ1n) is 9.85. The fourth-order valence-corrected chi connectivity index (χ4v) is 2.77. The minimum atomic E-state index is -0.372. The minimum Gasteiger partial charge on any atom is -0.490 e. The summed E-state index contributed by atoms with van der Waals surface area (Å²) < 4.78 is 10.9. The van der Waals surface area contributed by atoms with Crippen molar-refractivity contribution in [2.75, 3.05) is 30.5 Å². The highest BCUT2D eigenvalue weighted by molar-refractivity contribution is 7.80. The first-order valence-corrected chi connectivity index (χ1v) is 10.3. The Morgan fingerprint density at radius 1 is 0.933 bits per heavy atom. The molecule has 30 heavy (non-hydrogen) atoms. The molecule has 3 N–H and O–H groups in total. The van der Waals surface area contributed by atoms with E-state index in [4.69, 9.17) is 21.7 Å². The van der Waals surface area contributed by atoms with E-state index >= 15 is 0 Å². The molecule has 0 aliphatic carbocycles. The first kappa shape index (κ1) is 23.3. The summed E-state index contributed by atoms with van der Waals surface area (Å²) >= 11 is 5.24. The van der Waals surface area contributed by atoms with Gasteiger partial charge in [0, 0.05) is 24.4 Å². The molecule has 0 aliphatic heterocycles. The van der Waals surface area contributed by atoms with E-state index < -0.39 is 0 Å². The summed E-state index contributed by atoms with van der Waals surface area (Å²) in [5.41, 5.74) is 1.77. The van der Waals surface area contributed by atoms with Gasteiger partial charge < -0.3 is 20.1 Å². The lowest BCUT2D eigenvalue weighted by molar-refractivity contribution is -0.116. The van der Waals surface area contributed by atoms with E-state index in [1.807, 2.05) is 13.8 Å². The van der Waals surface area contributed by atoms with Crippen LogP contribution in [0.25, 0.3) is 0 Å². The molecule has 0 atom stereocenters. The molecule has 0 bridgehead atoms. The lowest BCUT2D eigenvalue weighted by Gasteiger charge is -2.13. The van der Waals surface area contributed by atoms with Crippen molar-refractivity contribution >= 4 is 40.5 Å². The van der Waals surface area contributed by atoms with E-state index in [0.29, 0.717) is 48.9 Å². The zero-order valence-corrected chi connectivity index (χ0v) is 18.0. The largest absolute Gasteiger partial charge is 0.490 e. The number of benzene rings is 2. The molecule has 8 heteroatoms. The Kier molecular flexibility index (Phi) is 9.76. The van der Waals surface area contributed by atoms with Crippen molar-refractivity contribution in [3.8, 4) is 5.75 Å². The number of hydrogen-bond donors (Lipinski definition) is 3. The maximum atomic E-state index is 12.6. The molecular formula is C22H27N3O4S. The molecule has 0 unspecified atom stereocenters. The van der Waals surface area contributed by atoms with Crippen LogP contribution >= 0.6 is 12.2 Å². The van der Waals surface area contributed by atoms with Gasteiger partial charge in [0.2, 0.25) is 5.91 Å². The standard InChI is InChI=1S/C22H27N3O4S/c1-3-7-20(26)23-16-10-12-17(13-11-16)24-22(30)25-21(27)18-8-5-6-9-19(18)29-15-14-28-4-2/h5-6,8-13H,3-4,7,14-15H2,1-2H3,(H,23,26)(H2,24,25,27,30). The summed E-state index contributed by atoms with van der Waals surface area (Å²) in [6.45, 7) is 5.26. The quantitative estimate of drug-likeness (QED) is 0.391. The van der Waals surface area contributed by atoms with Crippen molar-refractivity contribution in [2.45, 2.75) is 26.7 Å². The summed E-state index contributed by atoms with van der Waals surface area (Å²) in [5.74, 6) is 0.0655. The highest BCUT2D eigenvalue weighted by Gasteiger charge is 2.13. The molecule has 2 aromatic rings. The Labute approximate surface area is 182 Å². The second-order valence-corrected chi connectivity index (χ2v) is 6.73. The maximum absolute atomic E-state index is 12.6. The molecule has 0 spiro atoms. The molecule has 0 fully saturated rings. The van der Waals surface area contributed by atoms with E-state index in [-0.39, 0.29) is 16.9 Å². The Morgan fingerprint density at radius 2 is 1.60 bits per heavy atom. The van der Waals surface area contributed by atoms with Gasteiger partial charge >= 0.3 is 0 Å². The van der Waals surface area contributed by atoms with Crippen LogP contribution in [0.3, 0.4) is 0 Å². The van der Waals surface area contributed by atoms with Gasteiger partial charge in [-0.1, -0.05) is 19.1 Å². The third kappa shape index (κ3) is 7.81. The van der Waals surface area contributed by atoms with Crippen molar-refractivity contribution in [3.05, 3.63) is 54.1 Å². The van der Waals surface area contributed by atoms with E-state index in [1.165, 1.54) is 0 Å². The van der Waals surface area contributed by atoms with Crippen molar-refractivity contribution in [2.24, 2.45) is 0 Å². The van der Waals surface area contributed by atoms with E-state index in [9.17, 15) is 9.59 Å². The van der Waals surface area contributed by atoms with Crippen LogP contribution in [-0.2, 0) is 9.53 Å². The van der Waals surface area contributed by atoms with Gasteiger partial charge in [0.1, 0.15) is 12.4 Å². The lowest BCUT2D eigenvalue weighted by Crippen LogP contribution is -2.34. The van der Waals surface area contributed by atoms with Crippen LogP contribution in [-0.4, -0.2) is 36.7 Å². The lowest BCUT2D eigenvalue weighted by atomic mass is 10.2. The predicted octanol–water partition coefficient (Wildman–Crippen LogP) is 3.97. The third-order valence-corrected chi connectivity index (χ3v) is 4.16. The van der Waals surface area contributed by atoms with Gasteiger partial charge in [-0.3, -0.25) is 14.9 Å². The molecule has 0 aliphatic rings. The average Bonchev–Trinajstić information content (AvgIpc) is 2.73. The Hall–Kier alpha value is -2.97. The van der Waals surface area contributed by atoms with Crippen LogP contribution in [0.15, 0.2) is 48.5 Å². The number of anilines is 2. The molecule has 0 heterocycles. The summed E-state index contributed by atoms with van der Waals surface area (Å²) in [7, 11) is 0. The molecule has 0 saturated carbocycles. The van der Waals surface area contributed by atoms with Gasteiger partial charge in [-0.2, -0.15) is 0 Å².